The standard InChI is InChI=1S/C19H21NO3/c21-19(23-13-16-9-5-2-6-10-16)12-20-17(18-14-22-18)11-15-7-3-1-4-8-15/h1-10,12,17-19,21H,11,13-14H2. The lowest BCUT2D eigenvalue weighted by atomic mass is 10.0. The zero-order valence-corrected chi connectivity index (χ0v) is 12.9. The summed E-state index contributed by atoms with van der Waals surface area (Å²) in [5, 5.41) is 9.92. The predicted molar refractivity (Wildman–Crippen MR) is 89.4 cm³/mol. The fraction of sp³-hybridized carbons (Fsp3) is 0.316. The zero-order valence-electron chi connectivity index (χ0n) is 12.9. The van der Waals surface area contributed by atoms with Gasteiger partial charge in [0.1, 0.15) is 6.10 Å². The molecule has 1 saturated heterocycles. The second kappa shape index (κ2) is 8.02. The van der Waals surface area contributed by atoms with E-state index in [9.17, 15) is 5.11 Å². The van der Waals surface area contributed by atoms with Crippen molar-refractivity contribution in [2.45, 2.75) is 31.5 Å². The number of ether oxygens (including phenoxy) is 2. The van der Waals surface area contributed by atoms with Crippen molar-refractivity contribution in [2.75, 3.05) is 6.61 Å². The van der Waals surface area contributed by atoms with Gasteiger partial charge >= 0.3 is 0 Å². The average molecular weight is 311 g/mol. The van der Waals surface area contributed by atoms with Crippen LogP contribution in [0.5, 0.6) is 0 Å². The van der Waals surface area contributed by atoms with Gasteiger partial charge in [0.2, 0.25) is 0 Å². The molecule has 1 aliphatic rings. The summed E-state index contributed by atoms with van der Waals surface area (Å²) < 4.78 is 10.8. The largest absolute Gasteiger partial charge is 0.371 e. The van der Waals surface area contributed by atoms with Crippen LogP contribution >= 0.6 is 0 Å². The van der Waals surface area contributed by atoms with Gasteiger partial charge in [0.15, 0.2) is 6.29 Å². The molecule has 1 fully saturated rings. The van der Waals surface area contributed by atoms with E-state index >= 15 is 0 Å². The molecule has 2 aromatic carbocycles. The first-order valence-corrected chi connectivity index (χ1v) is 7.83. The van der Waals surface area contributed by atoms with Crippen LogP contribution in [0.15, 0.2) is 65.7 Å². The van der Waals surface area contributed by atoms with Gasteiger partial charge in [0.25, 0.3) is 0 Å². The molecule has 0 saturated carbocycles. The molecular formula is C19H21NO3. The number of nitrogens with zero attached hydrogens (tertiary/aromatic N) is 1. The highest BCUT2D eigenvalue weighted by Gasteiger charge is 2.32. The Hall–Kier alpha value is -2.01. The minimum absolute atomic E-state index is 0.0207. The fourth-order valence-corrected chi connectivity index (χ4v) is 2.40. The van der Waals surface area contributed by atoms with Crippen molar-refractivity contribution >= 4 is 6.21 Å². The summed E-state index contributed by atoms with van der Waals surface area (Å²) in [6, 6.07) is 20.0. The molecule has 3 unspecified atom stereocenters. The molecular weight excluding hydrogens is 290 g/mol. The van der Waals surface area contributed by atoms with E-state index in [-0.39, 0.29) is 12.1 Å². The van der Waals surface area contributed by atoms with Crippen LogP contribution in [0.4, 0.5) is 0 Å². The molecule has 2 aromatic rings. The highest BCUT2D eigenvalue weighted by Crippen LogP contribution is 2.20. The van der Waals surface area contributed by atoms with E-state index in [1.807, 2.05) is 48.5 Å². The van der Waals surface area contributed by atoms with Gasteiger partial charge in [-0.1, -0.05) is 60.7 Å². The maximum Gasteiger partial charge on any atom is 0.191 e. The SMILES string of the molecule is OC(C=NC(Cc1ccccc1)C1CO1)OCc1ccccc1. The lowest BCUT2D eigenvalue weighted by Crippen LogP contribution is -2.20. The lowest BCUT2D eigenvalue weighted by molar-refractivity contribution is -0.0558. The average Bonchev–Trinajstić information content (AvgIpc) is 3.43. The maximum atomic E-state index is 9.92. The molecule has 120 valence electrons. The van der Waals surface area contributed by atoms with Gasteiger partial charge in [0.05, 0.1) is 25.5 Å². The Morgan fingerprint density at radius 2 is 1.70 bits per heavy atom. The first kappa shape index (κ1) is 15.9. The quantitative estimate of drug-likeness (QED) is 0.463. The minimum atomic E-state index is -1.01. The molecule has 4 heteroatoms. The third-order valence-electron chi connectivity index (χ3n) is 3.74. The summed E-state index contributed by atoms with van der Waals surface area (Å²) in [5.41, 5.74) is 2.23. The van der Waals surface area contributed by atoms with Crippen LogP contribution in [-0.2, 0) is 22.5 Å². The van der Waals surface area contributed by atoms with E-state index in [1.165, 1.54) is 11.8 Å². The summed E-state index contributed by atoms with van der Waals surface area (Å²) in [7, 11) is 0. The molecule has 0 aromatic heterocycles. The fourth-order valence-electron chi connectivity index (χ4n) is 2.40. The van der Waals surface area contributed by atoms with Crippen LogP contribution in [0.25, 0.3) is 0 Å². The number of aliphatic hydroxyl groups is 1. The number of hydrogen-bond acceptors (Lipinski definition) is 4. The van der Waals surface area contributed by atoms with Crippen LogP contribution in [0.3, 0.4) is 0 Å². The van der Waals surface area contributed by atoms with Crippen LogP contribution in [0.2, 0.25) is 0 Å². The second-order valence-corrected chi connectivity index (χ2v) is 5.61. The third-order valence-corrected chi connectivity index (χ3v) is 3.74. The minimum Gasteiger partial charge on any atom is -0.371 e. The van der Waals surface area contributed by atoms with E-state index in [0.29, 0.717) is 6.61 Å². The highest BCUT2D eigenvalue weighted by atomic mass is 16.6. The number of aliphatic imine (C=N–C) groups is 1. The Morgan fingerprint density at radius 3 is 2.30 bits per heavy atom. The van der Waals surface area contributed by atoms with Gasteiger partial charge in [-0.3, -0.25) is 4.99 Å². The Morgan fingerprint density at radius 1 is 1.09 bits per heavy atom. The van der Waals surface area contributed by atoms with E-state index in [2.05, 4.69) is 17.1 Å². The molecule has 0 bridgehead atoms. The molecule has 1 heterocycles. The summed E-state index contributed by atoms with van der Waals surface area (Å²) in [6.45, 7) is 1.09. The summed E-state index contributed by atoms with van der Waals surface area (Å²) in [6.07, 6.45) is 1.41. The van der Waals surface area contributed by atoms with Crippen LogP contribution in [0, 0.1) is 0 Å². The first-order chi connectivity index (χ1) is 11.3. The topological polar surface area (TPSA) is 54.4 Å². The lowest BCUT2D eigenvalue weighted by Gasteiger charge is -2.12. The first-order valence-electron chi connectivity index (χ1n) is 7.83. The third kappa shape index (κ3) is 5.28. The molecule has 3 rings (SSSR count). The van der Waals surface area contributed by atoms with Crippen LogP contribution < -0.4 is 0 Å². The van der Waals surface area contributed by atoms with Crippen molar-refractivity contribution < 1.29 is 14.6 Å². The van der Waals surface area contributed by atoms with Gasteiger partial charge in [-0.25, -0.2) is 0 Å². The van der Waals surface area contributed by atoms with Gasteiger partial charge in [-0.15, -0.1) is 0 Å². The van der Waals surface area contributed by atoms with Gasteiger partial charge < -0.3 is 14.6 Å². The van der Waals surface area contributed by atoms with Crippen molar-refractivity contribution in [1.29, 1.82) is 0 Å². The van der Waals surface area contributed by atoms with Crippen molar-refractivity contribution in [3.63, 3.8) is 0 Å². The molecule has 1 aliphatic heterocycles. The Balaban J connectivity index is 1.51. The predicted octanol–water partition coefficient (Wildman–Crippen LogP) is 2.60. The molecule has 0 amide bonds. The Bertz CT molecular complexity index is 611. The number of benzene rings is 2. The van der Waals surface area contributed by atoms with Gasteiger partial charge in [-0.05, 0) is 17.5 Å². The van der Waals surface area contributed by atoms with E-state index in [0.717, 1.165) is 18.6 Å². The monoisotopic (exact) mass is 311 g/mol. The van der Waals surface area contributed by atoms with Crippen molar-refractivity contribution in [2.24, 2.45) is 4.99 Å². The van der Waals surface area contributed by atoms with Crippen molar-refractivity contribution in [1.82, 2.24) is 0 Å². The summed E-state index contributed by atoms with van der Waals surface area (Å²) in [4.78, 5) is 4.47. The summed E-state index contributed by atoms with van der Waals surface area (Å²) in [5.74, 6) is 0. The van der Waals surface area contributed by atoms with Gasteiger partial charge in [0, 0.05) is 0 Å². The van der Waals surface area contributed by atoms with Crippen LogP contribution in [0.1, 0.15) is 11.1 Å². The van der Waals surface area contributed by atoms with Crippen molar-refractivity contribution in [3.8, 4) is 0 Å². The van der Waals surface area contributed by atoms with E-state index < -0.39 is 6.29 Å². The Labute approximate surface area is 136 Å². The molecule has 1 N–H and O–H groups in total. The Kier molecular flexibility index (Phi) is 5.53. The van der Waals surface area contributed by atoms with Crippen molar-refractivity contribution in [3.05, 3.63) is 71.8 Å². The molecule has 4 nitrogen and oxygen atoms in total. The molecule has 0 aliphatic carbocycles. The molecule has 23 heavy (non-hydrogen) atoms. The normalized spacial score (nSPS) is 19.6. The number of epoxide rings is 1. The number of rotatable bonds is 8. The highest BCUT2D eigenvalue weighted by molar-refractivity contribution is 5.61. The number of aliphatic hydroxyl groups excluding tert-OH is 1. The zero-order chi connectivity index (χ0) is 15.9. The molecule has 0 radical (unpaired) electrons. The summed E-state index contributed by atoms with van der Waals surface area (Å²) >= 11 is 0. The second-order valence-electron chi connectivity index (χ2n) is 5.61. The number of hydrogen-bond donors (Lipinski definition) is 1. The molecule has 3 atom stereocenters. The van der Waals surface area contributed by atoms with E-state index in [4.69, 9.17) is 9.47 Å². The van der Waals surface area contributed by atoms with Gasteiger partial charge in [-0.2, -0.15) is 0 Å². The maximum absolute atomic E-state index is 9.92. The van der Waals surface area contributed by atoms with E-state index in [1.54, 1.807) is 0 Å². The molecule has 0 spiro atoms. The van der Waals surface area contributed by atoms with Crippen LogP contribution in [-0.4, -0.2) is 36.4 Å². The smallest absolute Gasteiger partial charge is 0.191 e.